The number of benzene rings is 1. The van der Waals surface area contributed by atoms with E-state index in [4.69, 9.17) is 4.74 Å². The van der Waals surface area contributed by atoms with E-state index in [1.54, 1.807) is 18.2 Å². The van der Waals surface area contributed by atoms with Crippen LogP contribution in [0, 0.1) is 12.8 Å². The average Bonchev–Trinajstić information content (AvgIpc) is 2.41. The average molecular weight is 376 g/mol. The first-order valence-electron chi connectivity index (χ1n) is 7.19. The number of hydrogen-bond donors (Lipinski definition) is 1. The second kappa shape index (κ2) is 6.77. The second-order valence-corrected chi connectivity index (χ2v) is 8.48. The molecule has 6 heteroatoms. The Morgan fingerprint density at radius 1 is 1.38 bits per heavy atom. The van der Waals surface area contributed by atoms with Crippen LogP contribution < -0.4 is 4.72 Å². The minimum atomic E-state index is -3.48. The summed E-state index contributed by atoms with van der Waals surface area (Å²) in [6, 6.07) is 5.04. The molecule has 0 saturated carbocycles. The maximum absolute atomic E-state index is 12.5. The van der Waals surface area contributed by atoms with E-state index in [1.165, 1.54) is 0 Å². The largest absolute Gasteiger partial charge is 0.378 e. The van der Waals surface area contributed by atoms with Gasteiger partial charge in [0, 0.05) is 17.1 Å². The van der Waals surface area contributed by atoms with E-state index in [0.29, 0.717) is 17.4 Å². The van der Waals surface area contributed by atoms with Crippen molar-refractivity contribution >= 4 is 26.0 Å². The molecule has 0 radical (unpaired) electrons. The molecule has 1 saturated heterocycles. The molecule has 1 heterocycles. The number of nitrogens with one attached hydrogen (secondary N) is 1. The zero-order chi connectivity index (χ0) is 15.6. The van der Waals surface area contributed by atoms with Crippen LogP contribution in [0.4, 0.5) is 0 Å². The molecule has 1 N–H and O–H groups in total. The molecule has 21 heavy (non-hydrogen) atoms. The van der Waals surface area contributed by atoms with Gasteiger partial charge in [-0.05, 0) is 43.4 Å². The van der Waals surface area contributed by atoms with Gasteiger partial charge in [-0.2, -0.15) is 0 Å². The molecule has 0 bridgehead atoms. The van der Waals surface area contributed by atoms with Crippen LogP contribution in [0.5, 0.6) is 0 Å². The predicted octanol–water partition coefficient (Wildman–Crippen LogP) is 3.24. The van der Waals surface area contributed by atoms with Crippen LogP contribution in [0.25, 0.3) is 0 Å². The van der Waals surface area contributed by atoms with Gasteiger partial charge in [-0.3, -0.25) is 0 Å². The van der Waals surface area contributed by atoms with Crippen molar-refractivity contribution in [2.24, 2.45) is 5.92 Å². The van der Waals surface area contributed by atoms with E-state index in [1.807, 2.05) is 6.92 Å². The minimum absolute atomic E-state index is 0.0590. The Hall–Kier alpha value is -0.430. The molecular weight excluding hydrogens is 354 g/mol. The van der Waals surface area contributed by atoms with Crippen LogP contribution in [0.1, 0.15) is 32.3 Å². The highest BCUT2D eigenvalue weighted by Gasteiger charge is 2.28. The summed E-state index contributed by atoms with van der Waals surface area (Å²) in [7, 11) is -3.48. The Kier molecular flexibility index (Phi) is 5.46. The van der Waals surface area contributed by atoms with Gasteiger partial charge in [0.05, 0.1) is 11.0 Å². The fraction of sp³-hybridized carbons (Fsp3) is 0.600. The maximum atomic E-state index is 12.5. The molecule has 0 aromatic heterocycles. The van der Waals surface area contributed by atoms with Crippen molar-refractivity contribution in [2.75, 3.05) is 6.61 Å². The number of sulfonamides is 1. The van der Waals surface area contributed by atoms with Gasteiger partial charge in [-0.25, -0.2) is 13.1 Å². The third kappa shape index (κ3) is 4.28. The minimum Gasteiger partial charge on any atom is -0.378 e. The molecule has 0 spiro atoms. The summed E-state index contributed by atoms with van der Waals surface area (Å²) in [6.45, 7) is 6.73. The first-order chi connectivity index (χ1) is 9.79. The monoisotopic (exact) mass is 375 g/mol. The zero-order valence-electron chi connectivity index (χ0n) is 12.6. The lowest BCUT2D eigenvalue weighted by Crippen LogP contribution is -2.43. The van der Waals surface area contributed by atoms with Crippen molar-refractivity contribution in [3.05, 3.63) is 28.2 Å². The molecule has 0 aliphatic carbocycles. The SMILES string of the molecule is Cc1ccc(S(=O)(=O)NC2CCOC(C(C)C)C2)cc1Br. The maximum Gasteiger partial charge on any atom is 0.240 e. The smallest absolute Gasteiger partial charge is 0.240 e. The van der Waals surface area contributed by atoms with Crippen molar-refractivity contribution in [2.45, 2.75) is 50.7 Å². The summed E-state index contributed by atoms with van der Waals surface area (Å²) in [5, 5.41) is 0. The number of halogens is 1. The summed E-state index contributed by atoms with van der Waals surface area (Å²) >= 11 is 3.38. The van der Waals surface area contributed by atoms with Gasteiger partial charge in [0.2, 0.25) is 10.0 Å². The molecule has 2 rings (SSSR count). The van der Waals surface area contributed by atoms with Crippen molar-refractivity contribution in [1.82, 2.24) is 4.72 Å². The van der Waals surface area contributed by atoms with Crippen LogP contribution >= 0.6 is 15.9 Å². The number of aryl methyl sites for hydroxylation is 1. The van der Waals surface area contributed by atoms with E-state index in [9.17, 15) is 8.42 Å². The van der Waals surface area contributed by atoms with Gasteiger partial charge in [-0.15, -0.1) is 0 Å². The first kappa shape index (κ1) is 16.9. The van der Waals surface area contributed by atoms with Gasteiger partial charge in [0.15, 0.2) is 0 Å². The highest BCUT2D eigenvalue weighted by molar-refractivity contribution is 9.10. The number of rotatable bonds is 4. The fourth-order valence-electron chi connectivity index (χ4n) is 2.43. The summed E-state index contributed by atoms with van der Waals surface area (Å²) in [4.78, 5) is 0.299. The normalized spacial score (nSPS) is 23.5. The summed E-state index contributed by atoms with van der Waals surface area (Å²) in [5.41, 5.74) is 1.01. The molecule has 118 valence electrons. The Bertz CT molecular complexity index is 601. The van der Waals surface area contributed by atoms with E-state index in [0.717, 1.165) is 22.9 Å². The van der Waals surface area contributed by atoms with Crippen LogP contribution in [0.2, 0.25) is 0 Å². The molecule has 1 aromatic rings. The highest BCUT2D eigenvalue weighted by atomic mass is 79.9. The lowest BCUT2D eigenvalue weighted by Gasteiger charge is -2.32. The molecule has 1 aliphatic heterocycles. The number of ether oxygens (including phenoxy) is 1. The van der Waals surface area contributed by atoms with Crippen molar-refractivity contribution in [3.8, 4) is 0 Å². The molecule has 1 aromatic carbocycles. The molecule has 1 fully saturated rings. The molecule has 4 nitrogen and oxygen atoms in total. The van der Waals surface area contributed by atoms with Gasteiger partial charge < -0.3 is 4.74 Å². The Balaban J connectivity index is 2.11. The van der Waals surface area contributed by atoms with E-state index in [2.05, 4.69) is 34.5 Å². The predicted molar refractivity (Wildman–Crippen MR) is 86.8 cm³/mol. The van der Waals surface area contributed by atoms with Gasteiger partial charge in [0.1, 0.15) is 0 Å². The van der Waals surface area contributed by atoms with Crippen molar-refractivity contribution < 1.29 is 13.2 Å². The van der Waals surface area contributed by atoms with Crippen molar-refractivity contribution in [1.29, 1.82) is 0 Å². The lowest BCUT2D eigenvalue weighted by molar-refractivity contribution is -0.0211. The van der Waals surface area contributed by atoms with Gasteiger partial charge >= 0.3 is 0 Å². The summed E-state index contributed by atoms with van der Waals surface area (Å²) in [5.74, 6) is 0.394. The molecule has 2 unspecified atom stereocenters. The van der Waals surface area contributed by atoms with Gasteiger partial charge in [0.25, 0.3) is 0 Å². The van der Waals surface area contributed by atoms with Crippen molar-refractivity contribution in [3.63, 3.8) is 0 Å². The van der Waals surface area contributed by atoms with E-state index >= 15 is 0 Å². The third-order valence-electron chi connectivity index (χ3n) is 3.83. The van der Waals surface area contributed by atoms with E-state index < -0.39 is 10.0 Å². The fourth-order valence-corrected chi connectivity index (χ4v) is 4.27. The third-order valence-corrected chi connectivity index (χ3v) is 6.21. The Morgan fingerprint density at radius 3 is 2.71 bits per heavy atom. The lowest BCUT2D eigenvalue weighted by atomic mass is 9.96. The second-order valence-electron chi connectivity index (χ2n) is 5.91. The van der Waals surface area contributed by atoms with Gasteiger partial charge in [-0.1, -0.05) is 35.8 Å². The number of hydrogen-bond acceptors (Lipinski definition) is 3. The zero-order valence-corrected chi connectivity index (χ0v) is 15.0. The Labute approximate surface area is 135 Å². The topological polar surface area (TPSA) is 55.4 Å². The molecule has 1 aliphatic rings. The van der Waals surface area contributed by atoms with Crippen LogP contribution in [0.15, 0.2) is 27.6 Å². The standard InChI is InChI=1S/C15H22BrNO3S/c1-10(2)15-8-12(6-7-20-15)17-21(18,19)13-5-4-11(3)14(16)9-13/h4-5,9-10,12,15,17H,6-8H2,1-3H3. The first-order valence-corrected chi connectivity index (χ1v) is 9.47. The highest BCUT2D eigenvalue weighted by Crippen LogP contribution is 2.24. The van der Waals surface area contributed by atoms with Crippen LogP contribution in [-0.4, -0.2) is 27.2 Å². The van der Waals surface area contributed by atoms with E-state index in [-0.39, 0.29) is 12.1 Å². The molecule has 0 amide bonds. The Morgan fingerprint density at radius 2 is 2.10 bits per heavy atom. The quantitative estimate of drug-likeness (QED) is 0.878. The molecular formula is C15H22BrNO3S. The summed E-state index contributed by atoms with van der Waals surface area (Å²) < 4.78 is 34.2. The van der Waals surface area contributed by atoms with Crippen LogP contribution in [0.3, 0.4) is 0 Å². The van der Waals surface area contributed by atoms with Crippen LogP contribution in [-0.2, 0) is 14.8 Å². The molecule has 2 atom stereocenters. The summed E-state index contributed by atoms with van der Waals surface area (Å²) in [6.07, 6.45) is 1.57.